The second-order valence-electron chi connectivity index (χ2n) is 10.4. The number of imidazole rings is 1. The Labute approximate surface area is 251 Å². The molecule has 0 unspecified atom stereocenters. The molecule has 1 N–H and O–H groups in total. The number of benzene rings is 2. The molecule has 230 valence electrons. The molecule has 0 bridgehead atoms. The lowest BCUT2D eigenvalue weighted by atomic mass is 10.1. The first-order valence-corrected chi connectivity index (χ1v) is 14.1. The lowest BCUT2D eigenvalue weighted by Crippen LogP contribution is -2.42. The highest BCUT2D eigenvalue weighted by Crippen LogP contribution is 2.33. The van der Waals surface area contributed by atoms with Crippen LogP contribution in [-0.4, -0.2) is 50.5 Å². The van der Waals surface area contributed by atoms with E-state index in [0.717, 1.165) is 16.7 Å². The third-order valence-corrected chi connectivity index (χ3v) is 8.09. The van der Waals surface area contributed by atoms with Gasteiger partial charge in [-0.3, -0.25) is 13.9 Å². The van der Waals surface area contributed by atoms with Crippen LogP contribution in [-0.2, 0) is 35.8 Å². The normalized spacial score (nSPS) is 15.0. The first kappa shape index (κ1) is 29.6. The first-order valence-electron chi connectivity index (χ1n) is 13.7. The summed E-state index contributed by atoms with van der Waals surface area (Å²) in [6.45, 7) is 0.557. The zero-order chi connectivity index (χ0) is 31.2. The van der Waals surface area contributed by atoms with Crippen molar-refractivity contribution >= 4 is 34.7 Å². The number of carbonyl (C=O) groups is 1. The molecule has 44 heavy (non-hydrogen) atoms. The average Bonchev–Trinajstić information content (AvgIpc) is 3.70. The van der Waals surface area contributed by atoms with Gasteiger partial charge in [0.2, 0.25) is 5.95 Å². The fraction of sp³-hybridized carbons (Fsp3) is 0.310. The number of ether oxygens (including phenoxy) is 1. The lowest BCUT2D eigenvalue weighted by Gasteiger charge is -2.22. The fourth-order valence-electron chi connectivity index (χ4n) is 5.52. The number of esters is 1. The minimum Gasteiger partial charge on any atom is -0.437 e. The van der Waals surface area contributed by atoms with Gasteiger partial charge in [0.25, 0.3) is 5.56 Å². The highest BCUT2D eigenvalue weighted by atomic mass is 35.5. The largest absolute Gasteiger partial charge is 0.490 e. The van der Waals surface area contributed by atoms with E-state index in [1.54, 1.807) is 28.8 Å². The van der Waals surface area contributed by atoms with E-state index >= 15 is 0 Å². The minimum atomic E-state index is -5.33. The molecular formula is C29H25ClF4N6O4. The van der Waals surface area contributed by atoms with Crippen LogP contribution in [0.1, 0.15) is 17.5 Å². The van der Waals surface area contributed by atoms with E-state index in [4.69, 9.17) is 16.6 Å². The molecule has 10 nitrogen and oxygen atoms in total. The van der Waals surface area contributed by atoms with Gasteiger partial charge in [0, 0.05) is 36.9 Å². The predicted molar refractivity (Wildman–Crippen MR) is 153 cm³/mol. The molecule has 6 rings (SSSR count). The number of fused-ring (bicyclic) bond motifs is 1. The van der Waals surface area contributed by atoms with Crippen molar-refractivity contribution in [1.29, 1.82) is 0 Å². The van der Waals surface area contributed by atoms with Crippen LogP contribution in [0.25, 0.3) is 11.2 Å². The van der Waals surface area contributed by atoms with Crippen molar-refractivity contribution in [3.63, 3.8) is 0 Å². The molecule has 15 heteroatoms. The van der Waals surface area contributed by atoms with Crippen LogP contribution in [0.3, 0.4) is 0 Å². The maximum atomic E-state index is 13.9. The second-order valence-corrected chi connectivity index (χ2v) is 10.8. The average molecular weight is 633 g/mol. The van der Waals surface area contributed by atoms with Crippen molar-refractivity contribution in [3.05, 3.63) is 103 Å². The third-order valence-electron chi connectivity index (χ3n) is 7.72. The summed E-state index contributed by atoms with van der Waals surface area (Å²) >= 11 is 6.48. The molecule has 0 amide bonds. The van der Waals surface area contributed by atoms with Crippen molar-refractivity contribution in [2.75, 3.05) is 24.5 Å². The van der Waals surface area contributed by atoms with E-state index < -0.39 is 35.9 Å². The summed E-state index contributed by atoms with van der Waals surface area (Å²) in [5.41, 5.74) is 1.39. The van der Waals surface area contributed by atoms with Crippen molar-refractivity contribution < 1.29 is 27.1 Å². The molecule has 0 saturated carbocycles. The minimum absolute atomic E-state index is 0.00238. The summed E-state index contributed by atoms with van der Waals surface area (Å²) in [6.07, 6.45) is -4.37. The third kappa shape index (κ3) is 5.50. The summed E-state index contributed by atoms with van der Waals surface area (Å²) in [7, 11) is 0. The number of rotatable bonds is 8. The van der Waals surface area contributed by atoms with Crippen molar-refractivity contribution in [1.82, 2.24) is 24.0 Å². The molecule has 0 spiro atoms. The number of nitrogens with zero attached hydrogens (tertiary/aromatic N) is 5. The van der Waals surface area contributed by atoms with Crippen LogP contribution in [0.5, 0.6) is 0 Å². The Morgan fingerprint density at radius 3 is 2.50 bits per heavy atom. The van der Waals surface area contributed by atoms with Gasteiger partial charge in [-0.05, 0) is 47.7 Å². The van der Waals surface area contributed by atoms with Crippen molar-refractivity contribution in [3.8, 4) is 0 Å². The maximum Gasteiger partial charge on any atom is 0.490 e. The van der Waals surface area contributed by atoms with Gasteiger partial charge in [0.1, 0.15) is 5.82 Å². The van der Waals surface area contributed by atoms with Crippen molar-refractivity contribution in [2.24, 2.45) is 0 Å². The van der Waals surface area contributed by atoms with Crippen LogP contribution < -0.4 is 21.5 Å². The van der Waals surface area contributed by atoms with E-state index in [2.05, 4.69) is 10.1 Å². The summed E-state index contributed by atoms with van der Waals surface area (Å²) < 4.78 is 59.8. The fourth-order valence-corrected chi connectivity index (χ4v) is 5.72. The number of aryl methyl sites for hydroxylation is 2. The van der Waals surface area contributed by atoms with Gasteiger partial charge in [0.05, 0.1) is 6.54 Å². The van der Waals surface area contributed by atoms with Crippen molar-refractivity contribution in [2.45, 2.75) is 38.8 Å². The summed E-state index contributed by atoms with van der Waals surface area (Å²) in [6, 6.07) is 12.5. The Morgan fingerprint density at radius 1 is 1.02 bits per heavy atom. The number of alkyl halides is 3. The highest BCUT2D eigenvalue weighted by Gasteiger charge is 2.41. The molecule has 0 atom stereocenters. The first-order chi connectivity index (χ1) is 21.0. The van der Waals surface area contributed by atoms with Gasteiger partial charge in [-0.25, -0.2) is 18.5 Å². The molecule has 2 aromatic carbocycles. The van der Waals surface area contributed by atoms with Gasteiger partial charge in [-0.15, -0.1) is 0 Å². The van der Waals surface area contributed by atoms with E-state index in [1.807, 2.05) is 4.90 Å². The Morgan fingerprint density at radius 2 is 1.77 bits per heavy atom. The maximum absolute atomic E-state index is 13.9. The number of aromatic nitrogens is 4. The number of nitrogens with one attached hydrogen (secondary N) is 1. The Balaban J connectivity index is 1.55. The molecule has 2 aliphatic heterocycles. The van der Waals surface area contributed by atoms with Crippen LogP contribution in [0.4, 0.5) is 23.5 Å². The van der Waals surface area contributed by atoms with E-state index in [-0.39, 0.29) is 30.7 Å². The number of carbonyl (C=O) groups excluding carboxylic acids is 1. The zero-order valence-corrected chi connectivity index (χ0v) is 23.8. The molecule has 0 aliphatic carbocycles. The molecule has 2 aromatic heterocycles. The van der Waals surface area contributed by atoms with Crippen LogP contribution in [0.15, 0.2) is 69.4 Å². The monoisotopic (exact) mass is 632 g/mol. The summed E-state index contributed by atoms with van der Waals surface area (Å²) in [4.78, 5) is 45.9. The molecular weight excluding hydrogens is 608 g/mol. The van der Waals surface area contributed by atoms with E-state index in [0.29, 0.717) is 46.3 Å². The van der Waals surface area contributed by atoms with Gasteiger partial charge in [-0.2, -0.15) is 18.2 Å². The summed E-state index contributed by atoms with van der Waals surface area (Å²) in [5.74, 6) is -2.64. The van der Waals surface area contributed by atoms with E-state index in [1.165, 1.54) is 29.8 Å². The second kappa shape index (κ2) is 11.6. The Bertz CT molecular complexity index is 1910. The van der Waals surface area contributed by atoms with Crippen LogP contribution in [0.2, 0.25) is 5.02 Å². The smallest absolute Gasteiger partial charge is 0.437 e. The van der Waals surface area contributed by atoms with Crippen LogP contribution >= 0.6 is 11.6 Å². The predicted octanol–water partition coefficient (Wildman–Crippen LogP) is 3.57. The number of hydrogen-bond acceptors (Lipinski definition) is 7. The molecule has 0 saturated heterocycles. The molecule has 4 aromatic rings. The Hall–Kier alpha value is -4.43. The van der Waals surface area contributed by atoms with E-state index in [9.17, 15) is 31.9 Å². The molecule has 2 aliphatic rings. The summed E-state index contributed by atoms with van der Waals surface area (Å²) in [5, 5.41) is 3.71. The highest BCUT2D eigenvalue weighted by molar-refractivity contribution is 6.31. The number of hydrogen-bond donors (Lipinski definition) is 1. The molecule has 0 radical (unpaired) electrons. The number of halogens is 5. The van der Waals surface area contributed by atoms with Gasteiger partial charge >= 0.3 is 17.8 Å². The molecule has 4 heterocycles. The topological polar surface area (TPSA) is 103 Å². The SMILES string of the molecule is O=C(OCn1c(=O)c2c(nc(N3CCC4=C3CNC4)n2Cc2ccccc2Cl)n(CCc2ccc(F)cc2)c1=O)C(F)(F)F. The molecule has 0 fully saturated rings. The lowest BCUT2D eigenvalue weighted by molar-refractivity contribution is -0.203. The van der Waals surface area contributed by atoms with Gasteiger partial charge in [-0.1, -0.05) is 41.9 Å². The zero-order valence-electron chi connectivity index (χ0n) is 23.0. The Kier molecular flexibility index (Phi) is 7.80. The van der Waals surface area contributed by atoms with Gasteiger partial charge < -0.3 is 15.0 Å². The van der Waals surface area contributed by atoms with Gasteiger partial charge in [0.15, 0.2) is 17.9 Å². The quantitative estimate of drug-likeness (QED) is 0.234. The standard InChI is InChI=1S/C29H25ClF4N6O4/c30-21-4-2-1-3-19(21)15-39-23-24(36-27(39)37-12-10-18-13-35-14-22(18)37)38(11-9-17-5-7-20(31)8-6-17)28(43)40(25(23)41)16-44-26(42)29(32,33)34/h1-8,35H,9-16H2. The van der Waals surface area contributed by atoms with Crippen LogP contribution in [0, 0.1) is 5.82 Å². The number of anilines is 1.